The SMILES string of the molecule is CCOP(=O)(CO[C@@H]1CC(OC(=O)c2ccccc2)[C@@H](CCC(C)(C)[Si](O)(c2ccccc2)c2ccccc2)O1)OCC. The van der Waals surface area contributed by atoms with Crippen LogP contribution in [0.1, 0.15) is 57.3 Å². The van der Waals surface area contributed by atoms with Crippen LogP contribution in [0.3, 0.4) is 0 Å². The van der Waals surface area contributed by atoms with Gasteiger partial charge in [0.2, 0.25) is 0 Å². The van der Waals surface area contributed by atoms with E-state index in [4.69, 9.17) is 23.3 Å². The molecule has 0 radical (unpaired) electrons. The molecule has 0 aromatic heterocycles. The molecule has 3 aromatic rings. The number of rotatable bonds is 15. The lowest BCUT2D eigenvalue weighted by atomic mass is 10.0. The van der Waals surface area contributed by atoms with Gasteiger partial charge in [-0.1, -0.05) is 92.7 Å². The van der Waals surface area contributed by atoms with Crippen molar-refractivity contribution in [2.24, 2.45) is 0 Å². The maximum absolute atomic E-state index is 13.0. The van der Waals surface area contributed by atoms with Crippen molar-refractivity contribution in [2.45, 2.75) is 70.5 Å². The van der Waals surface area contributed by atoms with Crippen molar-refractivity contribution >= 4 is 32.3 Å². The second kappa shape index (κ2) is 14.9. The normalized spacial score (nSPS) is 19.3. The van der Waals surface area contributed by atoms with Crippen LogP contribution in [-0.4, -0.2) is 57.1 Å². The predicted molar refractivity (Wildman–Crippen MR) is 169 cm³/mol. The molecular weight excluding hydrogens is 583 g/mol. The summed E-state index contributed by atoms with van der Waals surface area (Å²) in [6.45, 7) is 8.10. The highest BCUT2D eigenvalue weighted by molar-refractivity contribution is 7.53. The first-order chi connectivity index (χ1) is 20.6. The van der Waals surface area contributed by atoms with Crippen molar-refractivity contribution in [1.29, 1.82) is 0 Å². The molecule has 0 saturated carbocycles. The Morgan fingerprint density at radius 3 is 1.93 bits per heavy atom. The summed E-state index contributed by atoms with van der Waals surface area (Å²) in [7, 11) is -6.70. The Balaban J connectivity index is 1.55. The molecule has 0 aliphatic carbocycles. The molecule has 3 aromatic carbocycles. The second-order valence-corrected chi connectivity index (χ2v) is 17.2. The molecule has 10 heteroatoms. The molecule has 1 saturated heterocycles. The van der Waals surface area contributed by atoms with E-state index in [0.29, 0.717) is 18.4 Å². The average molecular weight is 627 g/mol. The van der Waals surface area contributed by atoms with E-state index in [-0.39, 0.29) is 26.0 Å². The fraction of sp³-hybridized carbons (Fsp3) is 0.424. The molecule has 1 aliphatic rings. The molecular formula is C33H43O8PSi. The number of ether oxygens (including phenoxy) is 3. The van der Waals surface area contributed by atoms with Crippen LogP contribution in [0.15, 0.2) is 91.0 Å². The van der Waals surface area contributed by atoms with Gasteiger partial charge in [-0.05, 0) is 54.2 Å². The van der Waals surface area contributed by atoms with E-state index in [1.807, 2.05) is 66.7 Å². The monoisotopic (exact) mass is 626 g/mol. The third-order valence-corrected chi connectivity index (χ3v) is 14.2. The molecule has 4 rings (SSSR count). The highest BCUT2D eigenvalue weighted by atomic mass is 31.2. The molecule has 8 nitrogen and oxygen atoms in total. The van der Waals surface area contributed by atoms with Crippen molar-refractivity contribution in [3.05, 3.63) is 96.6 Å². The third kappa shape index (κ3) is 8.11. The summed E-state index contributed by atoms with van der Waals surface area (Å²) in [6.07, 6.45) is -0.784. The maximum Gasteiger partial charge on any atom is 0.356 e. The van der Waals surface area contributed by atoms with E-state index in [2.05, 4.69) is 13.8 Å². The largest absolute Gasteiger partial charge is 0.456 e. The molecule has 1 N–H and O–H groups in total. The lowest BCUT2D eigenvalue weighted by Gasteiger charge is -2.42. The molecule has 0 spiro atoms. The van der Waals surface area contributed by atoms with Gasteiger partial charge in [0.25, 0.3) is 8.32 Å². The Morgan fingerprint density at radius 2 is 1.42 bits per heavy atom. The Kier molecular flexibility index (Phi) is 11.5. The molecule has 3 atom stereocenters. The van der Waals surface area contributed by atoms with Crippen molar-refractivity contribution in [2.75, 3.05) is 19.6 Å². The number of hydrogen-bond donors (Lipinski definition) is 1. The smallest absolute Gasteiger partial charge is 0.356 e. The van der Waals surface area contributed by atoms with Crippen molar-refractivity contribution in [3.8, 4) is 0 Å². The predicted octanol–water partition coefficient (Wildman–Crippen LogP) is 5.88. The summed E-state index contributed by atoms with van der Waals surface area (Å²) in [4.78, 5) is 25.6. The minimum atomic E-state index is -3.46. The van der Waals surface area contributed by atoms with Gasteiger partial charge in [-0.25, -0.2) is 4.79 Å². The van der Waals surface area contributed by atoms with Gasteiger partial charge in [0.15, 0.2) is 12.6 Å². The zero-order valence-corrected chi connectivity index (χ0v) is 27.3. The maximum atomic E-state index is 13.0. The summed E-state index contributed by atoms with van der Waals surface area (Å²) in [5.41, 5.74) is 0.443. The van der Waals surface area contributed by atoms with Crippen molar-refractivity contribution < 1.29 is 37.4 Å². The van der Waals surface area contributed by atoms with Gasteiger partial charge < -0.3 is 28.1 Å². The van der Waals surface area contributed by atoms with Crippen LogP contribution in [0.25, 0.3) is 0 Å². The van der Waals surface area contributed by atoms with Crippen LogP contribution in [0.5, 0.6) is 0 Å². The molecule has 0 amide bonds. The van der Waals surface area contributed by atoms with Gasteiger partial charge in [-0.2, -0.15) is 0 Å². The first-order valence-electron chi connectivity index (χ1n) is 14.9. The highest BCUT2D eigenvalue weighted by Crippen LogP contribution is 2.49. The fourth-order valence-corrected chi connectivity index (χ4v) is 10.7. The van der Waals surface area contributed by atoms with Gasteiger partial charge in [0.05, 0.1) is 24.9 Å². The highest BCUT2D eigenvalue weighted by Gasteiger charge is 2.51. The quantitative estimate of drug-likeness (QED) is 0.127. The van der Waals surface area contributed by atoms with Crippen molar-refractivity contribution in [1.82, 2.24) is 0 Å². The molecule has 1 fully saturated rings. The number of carbonyl (C=O) groups excluding carboxylic acids is 1. The number of benzene rings is 3. The van der Waals surface area contributed by atoms with Gasteiger partial charge in [-0.15, -0.1) is 0 Å². The fourth-order valence-electron chi connectivity index (χ4n) is 5.62. The standard InChI is InChI=1S/C33H43O8PSi/c1-5-38-42(35,39-6-2)25-37-31-24-30(41-32(34)26-16-10-7-11-17-26)29(40-31)22-23-33(3,4)43(36,27-18-12-8-13-19-27)28-20-14-9-15-21-28/h7-21,29-31,36H,5-6,22-25H2,1-4H3/t29-,30?,31+/m1/s1. The van der Waals surface area contributed by atoms with Crippen LogP contribution in [0, 0.1) is 0 Å². The molecule has 43 heavy (non-hydrogen) atoms. The van der Waals surface area contributed by atoms with Gasteiger partial charge in [0.1, 0.15) is 6.10 Å². The Hall–Kier alpha value is -2.62. The molecule has 1 aliphatic heterocycles. The molecule has 1 heterocycles. The zero-order valence-electron chi connectivity index (χ0n) is 25.4. The summed E-state index contributed by atoms with van der Waals surface area (Å²) >= 11 is 0. The number of hydrogen-bond acceptors (Lipinski definition) is 8. The first kappa shape index (κ1) is 33.3. The number of carbonyl (C=O) groups is 1. The van der Waals surface area contributed by atoms with E-state index in [1.54, 1.807) is 38.1 Å². The summed E-state index contributed by atoms with van der Waals surface area (Å²) in [5, 5.41) is 1.33. The lowest BCUT2D eigenvalue weighted by Crippen LogP contribution is -2.65. The summed E-state index contributed by atoms with van der Waals surface area (Å²) in [6, 6.07) is 28.5. The Bertz CT molecular complexity index is 1290. The third-order valence-electron chi connectivity index (χ3n) is 7.92. The van der Waals surface area contributed by atoms with Gasteiger partial charge >= 0.3 is 13.6 Å². The summed E-state index contributed by atoms with van der Waals surface area (Å²) < 4.78 is 41.9. The first-order valence-corrected chi connectivity index (χ1v) is 18.5. The van der Waals surface area contributed by atoms with Gasteiger partial charge in [-0.3, -0.25) is 4.57 Å². The molecule has 0 bridgehead atoms. The van der Waals surface area contributed by atoms with E-state index in [1.165, 1.54) is 0 Å². The van der Waals surface area contributed by atoms with Crippen LogP contribution in [-0.2, 0) is 27.8 Å². The van der Waals surface area contributed by atoms with Gasteiger partial charge in [0, 0.05) is 6.42 Å². The Labute approximate surface area is 256 Å². The summed E-state index contributed by atoms with van der Waals surface area (Å²) in [5.74, 6) is -0.451. The Morgan fingerprint density at radius 1 is 0.907 bits per heavy atom. The number of esters is 1. The van der Waals surface area contributed by atoms with Crippen LogP contribution in [0.4, 0.5) is 0 Å². The lowest BCUT2D eigenvalue weighted by molar-refractivity contribution is -0.128. The van der Waals surface area contributed by atoms with Crippen LogP contribution >= 0.6 is 7.60 Å². The van der Waals surface area contributed by atoms with Crippen molar-refractivity contribution in [3.63, 3.8) is 0 Å². The topological polar surface area (TPSA) is 101 Å². The molecule has 232 valence electrons. The minimum Gasteiger partial charge on any atom is -0.456 e. The van der Waals surface area contributed by atoms with E-state index >= 15 is 0 Å². The zero-order chi connectivity index (χ0) is 30.9. The average Bonchev–Trinajstić information content (AvgIpc) is 3.41. The van der Waals surface area contributed by atoms with E-state index < -0.39 is 45.4 Å². The van der Waals surface area contributed by atoms with Crippen LogP contribution in [0.2, 0.25) is 5.04 Å². The molecule has 1 unspecified atom stereocenters. The van der Waals surface area contributed by atoms with E-state index in [0.717, 1.165) is 10.4 Å². The van der Waals surface area contributed by atoms with E-state index in [9.17, 15) is 14.2 Å². The second-order valence-electron chi connectivity index (χ2n) is 11.3. The van der Waals surface area contributed by atoms with Crippen LogP contribution < -0.4 is 10.4 Å². The minimum absolute atomic E-state index is 0.219.